The molecule has 0 aromatic carbocycles. The van der Waals surface area contributed by atoms with Gasteiger partial charge in [0.1, 0.15) is 18.3 Å². The molecule has 0 saturated carbocycles. The summed E-state index contributed by atoms with van der Waals surface area (Å²) in [7, 11) is -4.20. The number of aliphatic hydroxyl groups excluding tert-OH is 3. The Bertz CT molecular complexity index is 360. The van der Waals surface area contributed by atoms with Crippen molar-refractivity contribution in [3.05, 3.63) is 0 Å². The molecular formula is C10H17O7P. The molecule has 5 N–H and O–H groups in total. The lowest BCUT2D eigenvalue weighted by atomic mass is 9.92. The van der Waals surface area contributed by atoms with Crippen molar-refractivity contribution in [2.45, 2.75) is 43.4 Å². The zero-order chi connectivity index (χ0) is 13.9. The van der Waals surface area contributed by atoms with E-state index in [1.54, 1.807) is 0 Å². The number of terminal acetylenes is 1. The maximum absolute atomic E-state index is 10.7. The van der Waals surface area contributed by atoms with Crippen LogP contribution in [0.1, 0.15) is 12.8 Å². The van der Waals surface area contributed by atoms with E-state index < -0.39 is 44.3 Å². The molecule has 3 unspecified atom stereocenters. The molecule has 0 aromatic heterocycles. The summed E-state index contributed by atoms with van der Waals surface area (Å²) in [6.45, 7) is 0. The third-order valence-corrected chi connectivity index (χ3v) is 3.68. The molecule has 1 saturated heterocycles. The minimum Gasteiger partial charge on any atom is -0.388 e. The van der Waals surface area contributed by atoms with Gasteiger partial charge in [0.05, 0.1) is 18.4 Å². The van der Waals surface area contributed by atoms with Crippen molar-refractivity contribution in [1.82, 2.24) is 0 Å². The highest BCUT2D eigenvalue weighted by molar-refractivity contribution is 7.51. The van der Waals surface area contributed by atoms with Crippen molar-refractivity contribution < 1.29 is 34.4 Å². The summed E-state index contributed by atoms with van der Waals surface area (Å²) >= 11 is 0. The first kappa shape index (κ1) is 15.6. The zero-order valence-corrected chi connectivity index (χ0v) is 10.5. The van der Waals surface area contributed by atoms with E-state index in [0.717, 1.165) is 0 Å². The van der Waals surface area contributed by atoms with Crippen molar-refractivity contribution in [3.8, 4) is 12.3 Å². The fourth-order valence-corrected chi connectivity index (χ4v) is 2.44. The predicted molar refractivity (Wildman–Crippen MR) is 61.7 cm³/mol. The van der Waals surface area contributed by atoms with Crippen LogP contribution in [0.15, 0.2) is 0 Å². The van der Waals surface area contributed by atoms with Crippen molar-refractivity contribution >= 4 is 7.60 Å². The highest BCUT2D eigenvalue weighted by Gasteiger charge is 2.43. The Hall–Kier alpha value is -0.450. The number of aliphatic hydroxyl groups is 3. The summed E-state index contributed by atoms with van der Waals surface area (Å²) in [6, 6.07) is 0. The van der Waals surface area contributed by atoms with E-state index >= 15 is 0 Å². The molecule has 18 heavy (non-hydrogen) atoms. The summed E-state index contributed by atoms with van der Waals surface area (Å²) in [5.41, 5.74) is 0. The Morgan fingerprint density at radius 2 is 1.67 bits per heavy atom. The van der Waals surface area contributed by atoms with Crippen LogP contribution in [0, 0.1) is 12.3 Å². The molecule has 1 aliphatic heterocycles. The summed E-state index contributed by atoms with van der Waals surface area (Å²) in [4.78, 5) is 17.5. The molecule has 7 nitrogen and oxygen atoms in total. The zero-order valence-electron chi connectivity index (χ0n) is 9.59. The van der Waals surface area contributed by atoms with E-state index in [9.17, 15) is 19.9 Å². The molecule has 5 atom stereocenters. The van der Waals surface area contributed by atoms with Crippen LogP contribution in [0.5, 0.6) is 0 Å². The van der Waals surface area contributed by atoms with Gasteiger partial charge >= 0.3 is 7.60 Å². The molecular weight excluding hydrogens is 263 g/mol. The second-order valence-corrected chi connectivity index (χ2v) is 6.05. The van der Waals surface area contributed by atoms with Gasteiger partial charge in [-0.3, -0.25) is 4.57 Å². The number of rotatable bonds is 4. The quantitative estimate of drug-likeness (QED) is 0.311. The van der Waals surface area contributed by atoms with Gasteiger partial charge in [-0.25, -0.2) is 0 Å². The fourth-order valence-electron chi connectivity index (χ4n) is 1.85. The van der Waals surface area contributed by atoms with Crippen LogP contribution in [0.2, 0.25) is 0 Å². The molecule has 0 bridgehead atoms. The van der Waals surface area contributed by atoms with E-state index in [2.05, 4.69) is 5.92 Å². The summed E-state index contributed by atoms with van der Waals surface area (Å²) in [5.74, 6) is 2.26. The smallest absolute Gasteiger partial charge is 0.325 e. The van der Waals surface area contributed by atoms with Crippen LogP contribution >= 0.6 is 7.60 Å². The molecule has 0 aromatic rings. The van der Waals surface area contributed by atoms with Crippen LogP contribution in [-0.4, -0.2) is 61.8 Å². The van der Waals surface area contributed by atoms with Crippen LogP contribution in [-0.2, 0) is 9.30 Å². The maximum atomic E-state index is 10.7. The van der Waals surface area contributed by atoms with Gasteiger partial charge in [0.15, 0.2) is 0 Å². The Kier molecular flexibility index (Phi) is 5.32. The Labute approximate surface area is 105 Å². The van der Waals surface area contributed by atoms with Crippen LogP contribution in [0.4, 0.5) is 0 Å². The van der Waals surface area contributed by atoms with Gasteiger partial charge in [0, 0.05) is 6.42 Å². The van der Waals surface area contributed by atoms with Gasteiger partial charge in [0.25, 0.3) is 0 Å². The van der Waals surface area contributed by atoms with Gasteiger partial charge in [-0.1, -0.05) is 0 Å². The molecule has 0 spiro atoms. The first-order valence-electron chi connectivity index (χ1n) is 5.44. The molecule has 104 valence electrons. The third-order valence-electron chi connectivity index (χ3n) is 2.84. The van der Waals surface area contributed by atoms with Gasteiger partial charge in [-0.05, 0) is 6.42 Å². The molecule has 1 aliphatic rings. The van der Waals surface area contributed by atoms with Crippen LogP contribution < -0.4 is 0 Å². The maximum Gasteiger partial charge on any atom is 0.325 e. The largest absolute Gasteiger partial charge is 0.388 e. The van der Waals surface area contributed by atoms with Gasteiger partial charge in [-0.15, -0.1) is 12.3 Å². The summed E-state index contributed by atoms with van der Waals surface area (Å²) in [6.07, 6.45) is -1.46. The Balaban J connectivity index is 2.67. The lowest BCUT2D eigenvalue weighted by Crippen LogP contribution is -2.57. The second kappa shape index (κ2) is 6.13. The van der Waals surface area contributed by atoms with E-state index in [0.29, 0.717) is 0 Å². The number of hydrogen-bond acceptors (Lipinski definition) is 5. The molecule has 0 radical (unpaired) electrons. The van der Waals surface area contributed by atoms with Crippen molar-refractivity contribution in [2.24, 2.45) is 0 Å². The highest BCUT2D eigenvalue weighted by atomic mass is 31.2. The topological polar surface area (TPSA) is 127 Å². The molecule has 1 heterocycles. The monoisotopic (exact) mass is 280 g/mol. The minimum atomic E-state index is -4.20. The molecule has 0 aliphatic carbocycles. The first-order valence-corrected chi connectivity index (χ1v) is 7.23. The normalized spacial score (nSPS) is 37.2. The van der Waals surface area contributed by atoms with E-state index in [1.807, 2.05) is 0 Å². The Morgan fingerprint density at radius 3 is 2.17 bits per heavy atom. The van der Waals surface area contributed by atoms with Gasteiger partial charge in [-0.2, -0.15) is 0 Å². The summed E-state index contributed by atoms with van der Waals surface area (Å²) < 4.78 is 16.0. The second-order valence-electron chi connectivity index (χ2n) is 4.27. The van der Waals surface area contributed by atoms with E-state index in [1.165, 1.54) is 0 Å². The van der Waals surface area contributed by atoms with Crippen molar-refractivity contribution in [2.75, 3.05) is 6.16 Å². The first-order chi connectivity index (χ1) is 8.26. The number of ether oxygens (including phenoxy) is 1. The highest BCUT2D eigenvalue weighted by Crippen LogP contribution is 2.37. The number of hydrogen-bond donors (Lipinski definition) is 5. The fraction of sp³-hybridized carbons (Fsp3) is 0.800. The van der Waals surface area contributed by atoms with Crippen LogP contribution in [0.3, 0.4) is 0 Å². The third kappa shape index (κ3) is 4.04. The lowest BCUT2D eigenvalue weighted by Gasteiger charge is -2.40. The summed E-state index contributed by atoms with van der Waals surface area (Å²) in [5, 5.41) is 28.9. The lowest BCUT2D eigenvalue weighted by molar-refractivity contribution is -0.220. The SMILES string of the molecule is C#CC[C@H]1OC(CCP(=O)(O)O)[C@@H](O)C(O)C1O. The molecule has 0 amide bonds. The average Bonchev–Trinajstić information content (AvgIpc) is 2.27. The average molecular weight is 280 g/mol. The van der Waals surface area contributed by atoms with E-state index in [-0.39, 0.29) is 12.8 Å². The van der Waals surface area contributed by atoms with Crippen molar-refractivity contribution in [3.63, 3.8) is 0 Å². The van der Waals surface area contributed by atoms with E-state index in [4.69, 9.17) is 20.9 Å². The van der Waals surface area contributed by atoms with Crippen molar-refractivity contribution in [1.29, 1.82) is 0 Å². The molecule has 1 rings (SSSR count). The molecule has 8 heteroatoms. The standard InChI is InChI=1S/C10H17O7P/c1-2-3-6-8(11)10(13)9(12)7(17-6)4-5-18(14,15)16/h1,6-13H,3-5H2,(H2,14,15,16)/t6-,7?,8?,9-,10?/m1/s1. The molecule has 1 fully saturated rings. The van der Waals surface area contributed by atoms with Crippen LogP contribution in [0.25, 0.3) is 0 Å². The van der Waals surface area contributed by atoms with Gasteiger partial charge in [0.2, 0.25) is 0 Å². The minimum absolute atomic E-state index is 0.0390. The predicted octanol–water partition coefficient (Wildman–Crippen LogP) is -1.57. The van der Waals surface area contributed by atoms with Gasteiger partial charge < -0.3 is 29.8 Å². The Morgan fingerprint density at radius 1 is 1.11 bits per heavy atom.